The highest BCUT2D eigenvalue weighted by molar-refractivity contribution is 5.94. The first kappa shape index (κ1) is 26.2. The second-order valence-corrected chi connectivity index (χ2v) is 11.6. The number of piperidine rings is 2. The van der Waals surface area contributed by atoms with E-state index >= 15 is 0 Å². The first-order valence-electron chi connectivity index (χ1n) is 14.5. The summed E-state index contributed by atoms with van der Waals surface area (Å²) < 4.78 is 5.57. The molecule has 1 aromatic carbocycles. The molecular weight excluding hydrogens is 490 g/mol. The van der Waals surface area contributed by atoms with Crippen LogP contribution in [0.1, 0.15) is 66.1 Å². The summed E-state index contributed by atoms with van der Waals surface area (Å²) in [6.45, 7) is 8.47. The van der Waals surface area contributed by atoms with E-state index in [0.717, 1.165) is 50.5 Å². The van der Waals surface area contributed by atoms with Gasteiger partial charge in [-0.3, -0.25) is 9.69 Å². The molecule has 1 spiro atoms. The van der Waals surface area contributed by atoms with Gasteiger partial charge in [-0.1, -0.05) is 12.1 Å². The van der Waals surface area contributed by atoms with Crippen molar-refractivity contribution in [3.63, 3.8) is 0 Å². The number of amides is 1. The Hall–Kier alpha value is -3.01. The van der Waals surface area contributed by atoms with Gasteiger partial charge in [0, 0.05) is 56.2 Å². The minimum absolute atomic E-state index is 0.0265. The molecule has 3 aromatic rings. The van der Waals surface area contributed by atoms with E-state index in [1.54, 1.807) is 29.7 Å². The van der Waals surface area contributed by atoms with Crippen LogP contribution in [-0.4, -0.2) is 86.0 Å². The van der Waals surface area contributed by atoms with Gasteiger partial charge in [0.05, 0.1) is 13.1 Å². The topological polar surface area (TPSA) is 93.4 Å². The first-order chi connectivity index (χ1) is 19.2. The number of benzene rings is 1. The summed E-state index contributed by atoms with van der Waals surface area (Å²) in [5, 5.41) is 0. The molecule has 3 aliphatic rings. The van der Waals surface area contributed by atoms with E-state index in [1.807, 2.05) is 12.1 Å². The highest BCUT2D eigenvalue weighted by Gasteiger charge is 2.39. The fourth-order valence-corrected chi connectivity index (χ4v) is 6.62. The lowest BCUT2D eigenvalue weighted by molar-refractivity contribution is -0.0139. The van der Waals surface area contributed by atoms with Gasteiger partial charge in [0.15, 0.2) is 0 Å². The minimum atomic E-state index is -0.0265. The second-order valence-electron chi connectivity index (χ2n) is 11.6. The molecule has 3 fully saturated rings. The number of carbonyl (C=O) groups excluding carboxylic acids is 1. The van der Waals surface area contributed by atoms with Crippen LogP contribution in [0.3, 0.4) is 0 Å². The number of H-pyrrole nitrogens is 2. The number of aromatic nitrogens is 4. The van der Waals surface area contributed by atoms with E-state index in [4.69, 9.17) is 4.74 Å². The highest BCUT2D eigenvalue weighted by Crippen LogP contribution is 2.42. The standard InChI is InChI=1S/C30H41N7O2/c38-29(37(22-27-31-11-12-32-27)23-28-33-13-14-34-28)25-3-1-24(2-4-25)21-35-15-7-30(8-16-35)9-17-36(18-10-30)26-5-19-39-20-6-26/h1-4,11-14,26H,5-10,15-23H2,(H,31,32)(H,33,34). The summed E-state index contributed by atoms with van der Waals surface area (Å²) in [4.78, 5) is 35.3. The van der Waals surface area contributed by atoms with Gasteiger partial charge in [-0.15, -0.1) is 0 Å². The normalized spacial score (nSPS) is 20.8. The Morgan fingerprint density at radius 3 is 2.05 bits per heavy atom. The van der Waals surface area contributed by atoms with Crippen LogP contribution in [0.2, 0.25) is 0 Å². The number of hydrogen-bond acceptors (Lipinski definition) is 6. The Labute approximate surface area is 231 Å². The largest absolute Gasteiger partial charge is 0.381 e. The zero-order valence-corrected chi connectivity index (χ0v) is 22.9. The van der Waals surface area contributed by atoms with Gasteiger partial charge in [-0.25, -0.2) is 9.97 Å². The van der Waals surface area contributed by atoms with E-state index in [1.165, 1.54) is 57.2 Å². The van der Waals surface area contributed by atoms with Gasteiger partial charge in [0.25, 0.3) is 5.91 Å². The van der Waals surface area contributed by atoms with Crippen LogP contribution >= 0.6 is 0 Å². The zero-order valence-electron chi connectivity index (χ0n) is 22.9. The third kappa shape index (κ3) is 6.42. The lowest BCUT2D eigenvalue weighted by atomic mass is 9.71. The zero-order chi connectivity index (χ0) is 26.5. The number of hydrogen-bond donors (Lipinski definition) is 2. The molecule has 1 amide bonds. The van der Waals surface area contributed by atoms with Crippen molar-refractivity contribution in [2.45, 2.75) is 64.2 Å². The molecule has 9 nitrogen and oxygen atoms in total. The Morgan fingerprint density at radius 2 is 1.49 bits per heavy atom. The number of rotatable bonds is 8. The predicted molar refractivity (Wildman–Crippen MR) is 149 cm³/mol. The number of aromatic amines is 2. The summed E-state index contributed by atoms with van der Waals surface area (Å²) in [7, 11) is 0. The molecule has 6 rings (SSSR count). The lowest BCUT2D eigenvalue weighted by Gasteiger charge is -2.49. The Kier molecular flexibility index (Phi) is 8.08. The van der Waals surface area contributed by atoms with Crippen LogP contribution < -0.4 is 0 Å². The molecule has 0 atom stereocenters. The van der Waals surface area contributed by atoms with Crippen LogP contribution in [-0.2, 0) is 24.4 Å². The van der Waals surface area contributed by atoms with Crippen LogP contribution in [0, 0.1) is 5.41 Å². The monoisotopic (exact) mass is 531 g/mol. The average Bonchev–Trinajstić information content (AvgIpc) is 3.70. The van der Waals surface area contributed by atoms with Crippen molar-refractivity contribution in [1.29, 1.82) is 0 Å². The van der Waals surface area contributed by atoms with Gasteiger partial charge in [-0.2, -0.15) is 0 Å². The average molecular weight is 532 g/mol. The molecule has 39 heavy (non-hydrogen) atoms. The van der Waals surface area contributed by atoms with Crippen molar-refractivity contribution in [3.05, 3.63) is 71.8 Å². The van der Waals surface area contributed by atoms with Crippen LogP contribution in [0.5, 0.6) is 0 Å². The Bertz CT molecular complexity index is 1120. The number of likely N-dealkylation sites (tertiary alicyclic amines) is 2. The van der Waals surface area contributed by atoms with Crippen LogP contribution in [0.15, 0.2) is 49.1 Å². The molecule has 0 unspecified atom stereocenters. The van der Waals surface area contributed by atoms with Crippen LogP contribution in [0.4, 0.5) is 0 Å². The SMILES string of the molecule is O=C(c1ccc(CN2CCC3(CC2)CCN(C2CCOCC2)CC3)cc1)N(Cc1ncc[nH]1)Cc1ncc[nH]1. The number of nitrogens with one attached hydrogen (secondary N) is 2. The van der Waals surface area contributed by atoms with E-state index in [-0.39, 0.29) is 5.91 Å². The Balaban J connectivity index is 1.01. The quantitative estimate of drug-likeness (QED) is 0.459. The van der Waals surface area contributed by atoms with E-state index in [0.29, 0.717) is 24.1 Å². The molecule has 3 saturated heterocycles. The number of carbonyl (C=O) groups is 1. The van der Waals surface area contributed by atoms with Crippen molar-refractivity contribution in [3.8, 4) is 0 Å². The summed E-state index contributed by atoms with van der Waals surface area (Å²) >= 11 is 0. The smallest absolute Gasteiger partial charge is 0.254 e. The van der Waals surface area contributed by atoms with Gasteiger partial charge < -0.3 is 24.5 Å². The maximum absolute atomic E-state index is 13.4. The number of ether oxygens (including phenoxy) is 1. The van der Waals surface area contributed by atoms with Gasteiger partial charge >= 0.3 is 0 Å². The number of imidazole rings is 2. The molecule has 3 aliphatic heterocycles. The molecule has 0 saturated carbocycles. The fourth-order valence-electron chi connectivity index (χ4n) is 6.62. The molecule has 9 heteroatoms. The molecule has 0 bridgehead atoms. The molecule has 2 aromatic heterocycles. The Morgan fingerprint density at radius 1 is 0.897 bits per heavy atom. The van der Waals surface area contributed by atoms with Crippen molar-refractivity contribution < 1.29 is 9.53 Å². The molecule has 0 radical (unpaired) electrons. The van der Waals surface area contributed by atoms with Gasteiger partial charge in [-0.05, 0) is 87.8 Å². The van der Waals surface area contributed by atoms with Crippen molar-refractivity contribution in [2.75, 3.05) is 39.4 Å². The molecule has 2 N–H and O–H groups in total. The van der Waals surface area contributed by atoms with Gasteiger partial charge in [0.2, 0.25) is 0 Å². The van der Waals surface area contributed by atoms with E-state index < -0.39 is 0 Å². The van der Waals surface area contributed by atoms with Crippen LogP contribution in [0.25, 0.3) is 0 Å². The summed E-state index contributed by atoms with van der Waals surface area (Å²) in [6.07, 6.45) is 14.7. The third-order valence-corrected chi connectivity index (χ3v) is 9.17. The molecule has 208 valence electrons. The van der Waals surface area contributed by atoms with Crippen molar-refractivity contribution in [2.24, 2.45) is 5.41 Å². The molecule has 5 heterocycles. The van der Waals surface area contributed by atoms with Crippen molar-refractivity contribution >= 4 is 5.91 Å². The predicted octanol–water partition coefficient (Wildman–Crippen LogP) is 3.83. The first-order valence-corrected chi connectivity index (χ1v) is 14.5. The van der Waals surface area contributed by atoms with E-state index in [9.17, 15) is 4.79 Å². The summed E-state index contributed by atoms with van der Waals surface area (Å²) in [5.74, 6) is 1.48. The maximum Gasteiger partial charge on any atom is 0.254 e. The molecule has 0 aliphatic carbocycles. The third-order valence-electron chi connectivity index (χ3n) is 9.17. The number of nitrogens with zero attached hydrogens (tertiary/aromatic N) is 5. The minimum Gasteiger partial charge on any atom is -0.381 e. The maximum atomic E-state index is 13.4. The fraction of sp³-hybridized carbons (Fsp3) is 0.567. The van der Waals surface area contributed by atoms with Gasteiger partial charge in [0.1, 0.15) is 11.6 Å². The summed E-state index contributed by atoms with van der Waals surface area (Å²) in [6, 6.07) is 8.90. The molecular formula is C30H41N7O2. The van der Waals surface area contributed by atoms with E-state index in [2.05, 4.69) is 41.9 Å². The highest BCUT2D eigenvalue weighted by atomic mass is 16.5. The second kappa shape index (κ2) is 12.0. The summed E-state index contributed by atoms with van der Waals surface area (Å²) in [5.41, 5.74) is 2.49. The van der Waals surface area contributed by atoms with Crippen molar-refractivity contribution in [1.82, 2.24) is 34.6 Å². The lowest BCUT2D eigenvalue weighted by Crippen LogP contribution is -2.50.